The molecule has 0 amide bonds. The fourth-order valence-electron chi connectivity index (χ4n) is 1.54. The highest BCUT2D eigenvalue weighted by atomic mass is 19.1. The SMILES string of the molecule is NCCC(=O)c1cc2c(cc1F)OCCO2. The highest BCUT2D eigenvalue weighted by molar-refractivity contribution is 5.97. The highest BCUT2D eigenvalue weighted by Gasteiger charge is 2.19. The van der Waals surface area contributed by atoms with E-state index in [-0.39, 0.29) is 24.3 Å². The Morgan fingerprint density at radius 1 is 1.31 bits per heavy atom. The van der Waals surface area contributed by atoms with Crippen LogP contribution in [0.3, 0.4) is 0 Å². The first-order valence-electron chi connectivity index (χ1n) is 5.05. The van der Waals surface area contributed by atoms with Crippen LogP contribution in [0.15, 0.2) is 12.1 Å². The maximum atomic E-state index is 13.6. The lowest BCUT2D eigenvalue weighted by molar-refractivity contribution is 0.0980. The average Bonchev–Trinajstić information content (AvgIpc) is 2.28. The number of fused-ring (bicyclic) bond motifs is 1. The van der Waals surface area contributed by atoms with Crippen molar-refractivity contribution >= 4 is 5.78 Å². The molecule has 0 spiro atoms. The Bertz CT molecular complexity index is 420. The minimum absolute atomic E-state index is 0.00898. The Balaban J connectivity index is 2.35. The van der Waals surface area contributed by atoms with Crippen molar-refractivity contribution in [3.63, 3.8) is 0 Å². The summed E-state index contributed by atoms with van der Waals surface area (Å²) in [4.78, 5) is 11.5. The summed E-state index contributed by atoms with van der Waals surface area (Å²) in [6.07, 6.45) is 0.122. The summed E-state index contributed by atoms with van der Waals surface area (Å²) < 4.78 is 24.0. The maximum absolute atomic E-state index is 13.6. The van der Waals surface area contributed by atoms with E-state index in [1.807, 2.05) is 0 Å². The molecule has 1 aromatic rings. The number of carbonyl (C=O) groups is 1. The van der Waals surface area contributed by atoms with Gasteiger partial charge in [0.05, 0.1) is 5.56 Å². The van der Waals surface area contributed by atoms with Gasteiger partial charge >= 0.3 is 0 Å². The van der Waals surface area contributed by atoms with E-state index in [0.29, 0.717) is 24.7 Å². The number of rotatable bonds is 3. The number of benzene rings is 1. The molecule has 1 aliphatic heterocycles. The van der Waals surface area contributed by atoms with E-state index in [9.17, 15) is 9.18 Å². The lowest BCUT2D eigenvalue weighted by Gasteiger charge is -2.19. The quantitative estimate of drug-likeness (QED) is 0.783. The van der Waals surface area contributed by atoms with Gasteiger partial charge < -0.3 is 15.2 Å². The Kier molecular flexibility index (Phi) is 3.05. The lowest BCUT2D eigenvalue weighted by atomic mass is 10.1. The molecule has 0 saturated heterocycles. The van der Waals surface area contributed by atoms with Crippen molar-refractivity contribution in [2.75, 3.05) is 19.8 Å². The number of ketones is 1. The largest absolute Gasteiger partial charge is 0.486 e. The number of hydrogen-bond donors (Lipinski definition) is 1. The molecule has 2 N–H and O–H groups in total. The van der Waals surface area contributed by atoms with Crippen LogP contribution in [0.2, 0.25) is 0 Å². The number of Topliss-reactive ketones (excluding diaryl/α,β-unsaturated/α-hetero) is 1. The molecule has 5 heteroatoms. The molecule has 0 fully saturated rings. The first-order valence-corrected chi connectivity index (χ1v) is 5.05. The second-order valence-corrected chi connectivity index (χ2v) is 3.44. The van der Waals surface area contributed by atoms with Crippen molar-refractivity contribution in [3.8, 4) is 11.5 Å². The van der Waals surface area contributed by atoms with Gasteiger partial charge in [-0.2, -0.15) is 0 Å². The smallest absolute Gasteiger partial charge is 0.167 e. The predicted molar refractivity (Wildman–Crippen MR) is 55.4 cm³/mol. The zero-order valence-electron chi connectivity index (χ0n) is 8.66. The first-order chi connectivity index (χ1) is 7.72. The van der Waals surface area contributed by atoms with Gasteiger partial charge in [-0.1, -0.05) is 0 Å². The fourth-order valence-corrected chi connectivity index (χ4v) is 1.54. The summed E-state index contributed by atoms with van der Waals surface area (Å²) in [6.45, 7) is 0.998. The van der Waals surface area contributed by atoms with E-state index in [1.165, 1.54) is 12.1 Å². The maximum Gasteiger partial charge on any atom is 0.167 e. The normalized spacial score (nSPS) is 13.6. The van der Waals surface area contributed by atoms with E-state index < -0.39 is 5.82 Å². The number of halogens is 1. The molecule has 0 aliphatic carbocycles. The zero-order chi connectivity index (χ0) is 11.5. The molecule has 0 saturated carbocycles. The van der Waals surface area contributed by atoms with Gasteiger partial charge in [-0.3, -0.25) is 4.79 Å². The third kappa shape index (κ3) is 1.99. The van der Waals surface area contributed by atoms with Gasteiger partial charge in [0, 0.05) is 12.5 Å². The Morgan fingerprint density at radius 3 is 2.56 bits per heavy atom. The van der Waals surface area contributed by atoms with Crippen molar-refractivity contribution in [1.82, 2.24) is 0 Å². The molecule has 0 atom stereocenters. The van der Waals surface area contributed by atoms with Crippen LogP contribution in [0, 0.1) is 5.82 Å². The highest BCUT2D eigenvalue weighted by Crippen LogP contribution is 2.32. The minimum Gasteiger partial charge on any atom is -0.486 e. The van der Waals surface area contributed by atoms with Gasteiger partial charge in [0.2, 0.25) is 0 Å². The molecule has 4 nitrogen and oxygen atoms in total. The van der Waals surface area contributed by atoms with Crippen LogP contribution in [0.1, 0.15) is 16.8 Å². The van der Waals surface area contributed by atoms with E-state index >= 15 is 0 Å². The molecule has 0 bridgehead atoms. The van der Waals surface area contributed by atoms with Crippen LogP contribution in [0.25, 0.3) is 0 Å². The van der Waals surface area contributed by atoms with Crippen LogP contribution in [0.5, 0.6) is 11.5 Å². The number of carbonyl (C=O) groups excluding carboxylic acids is 1. The van der Waals surface area contributed by atoms with Gasteiger partial charge in [-0.05, 0) is 12.6 Å². The summed E-state index contributed by atoms with van der Waals surface area (Å²) >= 11 is 0. The third-order valence-electron chi connectivity index (χ3n) is 2.30. The Hall–Kier alpha value is -1.62. The van der Waals surface area contributed by atoms with Gasteiger partial charge in [-0.15, -0.1) is 0 Å². The first kappa shape index (κ1) is 10.9. The molecule has 0 aromatic heterocycles. The van der Waals surface area contributed by atoms with Crippen molar-refractivity contribution in [1.29, 1.82) is 0 Å². The van der Waals surface area contributed by atoms with Crippen molar-refractivity contribution in [3.05, 3.63) is 23.5 Å². The zero-order valence-corrected chi connectivity index (χ0v) is 8.66. The second kappa shape index (κ2) is 4.49. The van der Waals surface area contributed by atoms with Crippen LogP contribution in [-0.2, 0) is 0 Å². The van der Waals surface area contributed by atoms with E-state index in [0.717, 1.165) is 0 Å². The summed E-state index contributed by atoms with van der Waals surface area (Å²) in [6, 6.07) is 2.56. The van der Waals surface area contributed by atoms with Crippen LogP contribution in [-0.4, -0.2) is 25.5 Å². The summed E-state index contributed by atoms with van der Waals surface area (Å²) in [7, 11) is 0. The average molecular weight is 225 g/mol. The molecular weight excluding hydrogens is 213 g/mol. The van der Waals surface area contributed by atoms with Gasteiger partial charge in [0.25, 0.3) is 0 Å². The molecule has 86 valence electrons. The minimum atomic E-state index is -0.595. The number of ether oxygens (including phenoxy) is 2. The monoisotopic (exact) mass is 225 g/mol. The number of hydrogen-bond acceptors (Lipinski definition) is 4. The molecule has 1 heterocycles. The molecular formula is C11H12FNO3. The summed E-state index contributed by atoms with van der Waals surface area (Å²) in [5, 5.41) is 0. The number of nitrogens with two attached hydrogens (primary N) is 1. The Labute approximate surface area is 92.1 Å². The fraction of sp³-hybridized carbons (Fsp3) is 0.364. The van der Waals surface area contributed by atoms with Crippen LogP contribution < -0.4 is 15.2 Å². The van der Waals surface area contributed by atoms with Gasteiger partial charge in [0.1, 0.15) is 19.0 Å². The van der Waals surface area contributed by atoms with Crippen molar-refractivity contribution in [2.45, 2.75) is 6.42 Å². The topological polar surface area (TPSA) is 61.6 Å². The summed E-state index contributed by atoms with van der Waals surface area (Å²) in [5.74, 6) is -0.166. The molecule has 0 unspecified atom stereocenters. The van der Waals surface area contributed by atoms with E-state index in [2.05, 4.69) is 0 Å². The van der Waals surface area contributed by atoms with Gasteiger partial charge in [0.15, 0.2) is 17.3 Å². The van der Waals surface area contributed by atoms with Crippen molar-refractivity contribution in [2.24, 2.45) is 5.73 Å². The van der Waals surface area contributed by atoms with Gasteiger partial charge in [-0.25, -0.2) is 4.39 Å². The Morgan fingerprint density at radius 2 is 1.94 bits per heavy atom. The third-order valence-corrected chi connectivity index (χ3v) is 2.30. The standard InChI is InChI=1S/C11H12FNO3/c12-8-6-11-10(15-3-4-16-11)5-7(8)9(14)1-2-13/h5-6H,1-4,13H2. The second-order valence-electron chi connectivity index (χ2n) is 3.44. The molecule has 16 heavy (non-hydrogen) atoms. The van der Waals surface area contributed by atoms with Crippen molar-refractivity contribution < 1.29 is 18.7 Å². The summed E-state index contributed by atoms with van der Waals surface area (Å²) in [5.41, 5.74) is 5.26. The predicted octanol–water partition coefficient (Wildman–Crippen LogP) is 1.13. The molecule has 2 rings (SSSR count). The van der Waals surface area contributed by atoms with E-state index in [4.69, 9.17) is 15.2 Å². The lowest BCUT2D eigenvalue weighted by Crippen LogP contribution is -2.17. The molecule has 0 radical (unpaired) electrons. The van der Waals surface area contributed by atoms with Crippen LogP contribution >= 0.6 is 0 Å². The van der Waals surface area contributed by atoms with Crippen LogP contribution in [0.4, 0.5) is 4.39 Å². The molecule has 1 aromatic carbocycles. The van der Waals surface area contributed by atoms with E-state index in [1.54, 1.807) is 0 Å². The molecule has 1 aliphatic rings.